The lowest BCUT2D eigenvalue weighted by molar-refractivity contribution is -0.192. The van der Waals surface area contributed by atoms with E-state index in [1.54, 1.807) is 7.11 Å². The summed E-state index contributed by atoms with van der Waals surface area (Å²) in [6, 6.07) is 8.68. The van der Waals surface area contributed by atoms with Crippen molar-refractivity contribution in [2.45, 2.75) is 63.8 Å². The van der Waals surface area contributed by atoms with Crippen molar-refractivity contribution in [1.29, 1.82) is 0 Å². The average molecular weight is 510 g/mol. The van der Waals surface area contributed by atoms with Gasteiger partial charge < -0.3 is 19.7 Å². The van der Waals surface area contributed by atoms with Gasteiger partial charge in [-0.15, -0.1) is 10.2 Å². The SMILES string of the molecule is COc1cccc(CN2CCC3(CCc4nnc(C(=O)NC5CC5)n4C3)CC2)c1.O=C(O)C(F)(F)F. The number of nitrogens with one attached hydrogen (secondary N) is 1. The number of aliphatic carboxylic acids is 1. The first kappa shape index (κ1) is 25.9. The van der Waals surface area contributed by atoms with Gasteiger partial charge in [-0.2, -0.15) is 13.2 Å². The van der Waals surface area contributed by atoms with Crippen LogP contribution in [0.25, 0.3) is 0 Å². The van der Waals surface area contributed by atoms with Gasteiger partial charge in [-0.1, -0.05) is 12.1 Å². The van der Waals surface area contributed by atoms with Crippen molar-refractivity contribution >= 4 is 11.9 Å². The number of benzene rings is 1. The van der Waals surface area contributed by atoms with Crippen LogP contribution in [0.5, 0.6) is 5.75 Å². The molecule has 3 aliphatic rings. The van der Waals surface area contributed by atoms with E-state index in [-0.39, 0.29) is 11.3 Å². The fourth-order valence-electron chi connectivity index (χ4n) is 4.75. The standard InChI is InChI=1S/C22H29N5O2.C2HF3O2/c1-29-18-4-2-3-16(13-18)14-26-11-9-22(10-12-26)8-7-19-24-25-20(27(19)15-22)21(28)23-17-5-6-17;3-2(4,5)1(6)7/h2-4,13,17H,5-12,14-15H2,1H3,(H,23,28);(H,6,7). The van der Waals surface area contributed by atoms with Crippen molar-refractivity contribution < 1.29 is 32.6 Å². The molecule has 5 rings (SSSR count). The highest BCUT2D eigenvalue weighted by atomic mass is 19.4. The van der Waals surface area contributed by atoms with E-state index in [9.17, 15) is 18.0 Å². The monoisotopic (exact) mass is 509 g/mol. The summed E-state index contributed by atoms with van der Waals surface area (Å²) >= 11 is 0. The molecule has 1 saturated heterocycles. The molecule has 1 aliphatic carbocycles. The second-order valence-corrected chi connectivity index (χ2v) is 9.70. The molecule has 196 valence electrons. The van der Waals surface area contributed by atoms with Crippen molar-refractivity contribution in [3.8, 4) is 5.75 Å². The largest absolute Gasteiger partial charge is 0.497 e. The minimum atomic E-state index is -5.08. The summed E-state index contributed by atoms with van der Waals surface area (Å²) in [5.41, 5.74) is 1.55. The lowest BCUT2D eigenvalue weighted by Crippen LogP contribution is -2.44. The number of hydrogen-bond donors (Lipinski definition) is 2. The Hall–Kier alpha value is -3.15. The number of rotatable bonds is 5. The maximum Gasteiger partial charge on any atom is 0.490 e. The number of ether oxygens (including phenoxy) is 1. The van der Waals surface area contributed by atoms with E-state index in [4.69, 9.17) is 14.6 Å². The molecule has 0 radical (unpaired) electrons. The van der Waals surface area contributed by atoms with Crippen LogP contribution in [0.2, 0.25) is 0 Å². The summed E-state index contributed by atoms with van der Waals surface area (Å²) < 4.78 is 39.2. The topological polar surface area (TPSA) is 110 Å². The lowest BCUT2D eigenvalue weighted by Gasteiger charge is -2.44. The molecule has 1 aromatic carbocycles. The Balaban J connectivity index is 0.000000384. The molecule has 0 bridgehead atoms. The normalized spacial score (nSPS) is 19.1. The predicted octanol–water partition coefficient (Wildman–Crippen LogP) is 3.04. The molecule has 1 amide bonds. The van der Waals surface area contributed by atoms with Crippen LogP contribution in [-0.4, -0.2) is 69.1 Å². The molecule has 0 atom stereocenters. The Labute approximate surface area is 206 Å². The number of nitrogens with zero attached hydrogens (tertiary/aromatic N) is 4. The van der Waals surface area contributed by atoms with E-state index >= 15 is 0 Å². The highest BCUT2D eigenvalue weighted by Crippen LogP contribution is 2.41. The highest BCUT2D eigenvalue weighted by molar-refractivity contribution is 5.91. The number of halogens is 3. The molecule has 12 heteroatoms. The highest BCUT2D eigenvalue weighted by Gasteiger charge is 2.40. The van der Waals surface area contributed by atoms with Crippen molar-refractivity contribution in [3.05, 3.63) is 41.5 Å². The second-order valence-electron chi connectivity index (χ2n) is 9.70. The Morgan fingerprint density at radius 3 is 2.50 bits per heavy atom. The first-order valence-electron chi connectivity index (χ1n) is 12.0. The van der Waals surface area contributed by atoms with Gasteiger partial charge in [0, 0.05) is 25.6 Å². The summed E-state index contributed by atoms with van der Waals surface area (Å²) in [6.07, 6.45) is 1.44. The van der Waals surface area contributed by atoms with Crippen LogP contribution in [0, 0.1) is 5.41 Å². The number of amides is 1. The second kappa shape index (κ2) is 10.5. The number of piperidine rings is 1. The molecule has 2 fully saturated rings. The zero-order chi connectivity index (χ0) is 25.9. The molecule has 0 unspecified atom stereocenters. The van der Waals surface area contributed by atoms with Crippen LogP contribution < -0.4 is 10.1 Å². The summed E-state index contributed by atoms with van der Waals surface area (Å²) in [4.78, 5) is 24.0. The summed E-state index contributed by atoms with van der Waals surface area (Å²) in [5.74, 6) is -0.424. The Bertz CT molecular complexity index is 1090. The molecule has 2 aromatic rings. The van der Waals surface area contributed by atoms with Crippen molar-refractivity contribution in [3.63, 3.8) is 0 Å². The van der Waals surface area contributed by atoms with Crippen LogP contribution >= 0.6 is 0 Å². The summed E-state index contributed by atoms with van der Waals surface area (Å²) in [5, 5.41) is 18.7. The molecular weight excluding hydrogens is 479 g/mol. The zero-order valence-corrected chi connectivity index (χ0v) is 20.1. The molecule has 1 saturated carbocycles. The number of carbonyl (C=O) groups excluding carboxylic acids is 1. The Kier molecular flexibility index (Phi) is 7.53. The molecule has 2 aliphatic heterocycles. The van der Waals surface area contributed by atoms with Gasteiger partial charge >= 0.3 is 12.1 Å². The third-order valence-electron chi connectivity index (χ3n) is 7.02. The number of aryl methyl sites for hydroxylation is 1. The molecule has 36 heavy (non-hydrogen) atoms. The third kappa shape index (κ3) is 6.34. The van der Waals surface area contributed by atoms with Crippen LogP contribution in [-0.2, 0) is 24.3 Å². The minimum absolute atomic E-state index is 0.0567. The van der Waals surface area contributed by atoms with Crippen molar-refractivity contribution in [2.24, 2.45) is 5.41 Å². The summed E-state index contributed by atoms with van der Waals surface area (Å²) in [7, 11) is 1.71. The van der Waals surface area contributed by atoms with E-state index in [1.165, 1.54) is 5.56 Å². The van der Waals surface area contributed by atoms with E-state index in [0.29, 0.717) is 11.9 Å². The van der Waals surface area contributed by atoms with E-state index in [2.05, 4.69) is 43.2 Å². The molecule has 2 N–H and O–H groups in total. The molecular formula is C24H30F3N5O4. The third-order valence-corrected chi connectivity index (χ3v) is 7.02. The zero-order valence-electron chi connectivity index (χ0n) is 20.1. The Morgan fingerprint density at radius 2 is 1.89 bits per heavy atom. The van der Waals surface area contributed by atoms with Gasteiger partial charge in [-0.3, -0.25) is 9.69 Å². The van der Waals surface area contributed by atoms with Crippen molar-refractivity contribution in [2.75, 3.05) is 20.2 Å². The van der Waals surface area contributed by atoms with Crippen LogP contribution in [0.1, 0.15) is 54.1 Å². The number of carboxylic acid groups (broad SMARTS) is 1. The number of carbonyl (C=O) groups is 2. The average Bonchev–Trinajstić information content (AvgIpc) is 3.56. The minimum Gasteiger partial charge on any atom is -0.497 e. The van der Waals surface area contributed by atoms with Crippen LogP contribution in [0.15, 0.2) is 24.3 Å². The van der Waals surface area contributed by atoms with E-state index in [0.717, 1.165) is 76.3 Å². The quantitative estimate of drug-likeness (QED) is 0.638. The number of aromatic nitrogens is 3. The van der Waals surface area contributed by atoms with E-state index < -0.39 is 12.1 Å². The van der Waals surface area contributed by atoms with Gasteiger partial charge in [0.25, 0.3) is 5.91 Å². The lowest BCUT2D eigenvalue weighted by atomic mass is 9.73. The number of hydrogen-bond acceptors (Lipinski definition) is 6. The first-order chi connectivity index (χ1) is 17.1. The molecule has 9 nitrogen and oxygen atoms in total. The Morgan fingerprint density at radius 1 is 1.19 bits per heavy atom. The molecule has 3 heterocycles. The van der Waals surface area contributed by atoms with Gasteiger partial charge in [-0.05, 0) is 68.3 Å². The fourth-order valence-corrected chi connectivity index (χ4v) is 4.75. The summed E-state index contributed by atoms with van der Waals surface area (Å²) in [6.45, 7) is 3.99. The first-order valence-corrected chi connectivity index (χ1v) is 12.0. The van der Waals surface area contributed by atoms with Gasteiger partial charge in [0.1, 0.15) is 11.6 Å². The number of likely N-dealkylation sites (tertiary alicyclic amines) is 1. The fraction of sp³-hybridized carbons (Fsp3) is 0.583. The van der Waals surface area contributed by atoms with Crippen LogP contribution in [0.4, 0.5) is 13.2 Å². The maximum atomic E-state index is 12.6. The van der Waals surface area contributed by atoms with Crippen molar-refractivity contribution in [1.82, 2.24) is 25.0 Å². The number of alkyl halides is 3. The van der Waals surface area contributed by atoms with Crippen LogP contribution in [0.3, 0.4) is 0 Å². The van der Waals surface area contributed by atoms with Gasteiger partial charge in [-0.25, -0.2) is 4.79 Å². The van der Waals surface area contributed by atoms with Gasteiger partial charge in [0.15, 0.2) is 0 Å². The maximum absolute atomic E-state index is 12.6. The molecule has 1 spiro atoms. The number of methoxy groups -OCH3 is 1. The smallest absolute Gasteiger partial charge is 0.490 e. The number of carboxylic acids is 1. The van der Waals surface area contributed by atoms with E-state index in [1.807, 2.05) is 6.07 Å². The molecule has 1 aromatic heterocycles. The predicted molar refractivity (Wildman–Crippen MR) is 122 cm³/mol. The van der Waals surface area contributed by atoms with Gasteiger partial charge in [0.2, 0.25) is 5.82 Å². The number of fused-ring (bicyclic) bond motifs is 1. The van der Waals surface area contributed by atoms with Gasteiger partial charge in [0.05, 0.1) is 7.11 Å².